The lowest BCUT2D eigenvalue weighted by Crippen LogP contribution is -2.23. The second kappa shape index (κ2) is 9.69. The molecule has 0 bridgehead atoms. The fraction of sp³-hybridized carbons (Fsp3) is 0.208. The van der Waals surface area contributed by atoms with Gasteiger partial charge in [0.25, 0.3) is 11.5 Å². The highest BCUT2D eigenvalue weighted by Gasteiger charge is 2.13. The number of nitrogens with one attached hydrogen (secondary N) is 2. The molecule has 6 nitrogen and oxygen atoms in total. The molecule has 0 fully saturated rings. The van der Waals surface area contributed by atoms with Gasteiger partial charge in [0.15, 0.2) is 0 Å². The molecule has 0 saturated heterocycles. The average molecular weight is 404 g/mol. The van der Waals surface area contributed by atoms with Crippen molar-refractivity contribution in [3.63, 3.8) is 0 Å². The van der Waals surface area contributed by atoms with E-state index in [0.717, 1.165) is 24.0 Å². The fourth-order valence-electron chi connectivity index (χ4n) is 2.83. The van der Waals surface area contributed by atoms with Gasteiger partial charge in [0.2, 0.25) is 0 Å². The van der Waals surface area contributed by atoms with Crippen LogP contribution in [0.15, 0.2) is 65.5 Å². The Kier molecular flexibility index (Phi) is 6.80. The minimum absolute atomic E-state index is 0.00825. The van der Waals surface area contributed by atoms with Crippen LogP contribution < -0.4 is 10.9 Å². The number of anilines is 1. The first-order valence-corrected chi connectivity index (χ1v) is 9.87. The van der Waals surface area contributed by atoms with Crippen molar-refractivity contribution in [3.8, 4) is 11.3 Å². The summed E-state index contributed by atoms with van der Waals surface area (Å²) in [6, 6.07) is 17.3. The number of hydrogen-bond donors (Lipinski definition) is 2. The topological polar surface area (TPSA) is 88.3 Å². The lowest BCUT2D eigenvalue weighted by atomic mass is 10.1. The summed E-state index contributed by atoms with van der Waals surface area (Å²) in [6.07, 6.45) is 1.76. The molecule has 0 aliphatic rings. The zero-order valence-corrected chi connectivity index (χ0v) is 17.0. The van der Waals surface area contributed by atoms with E-state index in [4.69, 9.17) is 4.74 Å². The van der Waals surface area contributed by atoms with Crippen LogP contribution in [0.2, 0.25) is 0 Å². The standard InChI is InChI=1S/C24H24N2O4/c1-3-4-15-30-24(29)18-9-11-19(12-10-18)25-22(27)20-13-14-21(26-23(20)28)17-7-5-16(2)6-8-17/h5-14H,3-4,15H2,1-2H3,(H,25,27)(H,26,28). The first-order chi connectivity index (χ1) is 14.5. The molecule has 6 heteroatoms. The number of pyridine rings is 1. The number of ether oxygens (including phenoxy) is 1. The summed E-state index contributed by atoms with van der Waals surface area (Å²) in [5.41, 5.74) is 3.05. The van der Waals surface area contributed by atoms with Crippen molar-refractivity contribution < 1.29 is 14.3 Å². The number of carbonyl (C=O) groups excluding carboxylic acids is 2. The first-order valence-electron chi connectivity index (χ1n) is 9.87. The Labute approximate surface area is 174 Å². The Morgan fingerprint density at radius 2 is 1.67 bits per heavy atom. The van der Waals surface area contributed by atoms with Crippen molar-refractivity contribution in [3.05, 3.63) is 87.7 Å². The van der Waals surface area contributed by atoms with E-state index in [9.17, 15) is 14.4 Å². The Morgan fingerprint density at radius 3 is 2.30 bits per heavy atom. The third kappa shape index (κ3) is 5.23. The Hall–Kier alpha value is -3.67. The van der Waals surface area contributed by atoms with Crippen LogP contribution in [-0.2, 0) is 4.74 Å². The van der Waals surface area contributed by atoms with Gasteiger partial charge >= 0.3 is 5.97 Å². The van der Waals surface area contributed by atoms with Crippen LogP contribution in [0.5, 0.6) is 0 Å². The quantitative estimate of drug-likeness (QED) is 0.446. The molecule has 30 heavy (non-hydrogen) atoms. The van der Waals surface area contributed by atoms with Crippen molar-refractivity contribution in [2.24, 2.45) is 0 Å². The SMILES string of the molecule is CCCCOC(=O)c1ccc(NC(=O)c2ccc(-c3ccc(C)cc3)[nH]c2=O)cc1. The smallest absolute Gasteiger partial charge is 0.338 e. The van der Waals surface area contributed by atoms with Crippen molar-refractivity contribution in [2.45, 2.75) is 26.7 Å². The van der Waals surface area contributed by atoms with Crippen LogP contribution in [-0.4, -0.2) is 23.5 Å². The molecule has 3 rings (SSSR count). The summed E-state index contributed by atoms with van der Waals surface area (Å²) >= 11 is 0. The maximum absolute atomic E-state index is 12.5. The summed E-state index contributed by atoms with van der Waals surface area (Å²) in [5.74, 6) is -0.922. The molecule has 0 atom stereocenters. The van der Waals surface area contributed by atoms with E-state index in [1.54, 1.807) is 30.3 Å². The maximum atomic E-state index is 12.5. The van der Waals surface area contributed by atoms with Gasteiger partial charge in [-0.25, -0.2) is 4.79 Å². The Morgan fingerprint density at radius 1 is 0.967 bits per heavy atom. The van der Waals surface area contributed by atoms with Gasteiger partial charge in [-0.2, -0.15) is 0 Å². The van der Waals surface area contributed by atoms with E-state index in [2.05, 4.69) is 10.3 Å². The summed E-state index contributed by atoms with van der Waals surface area (Å²) in [5, 5.41) is 2.67. The molecule has 2 N–H and O–H groups in total. The Bertz CT molecular complexity index is 1080. The highest BCUT2D eigenvalue weighted by Crippen LogP contribution is 2.17. The molecule has 1 aromatic heterocycles. The molecule has 0 radical (unpaired) electrons. The zero-order valence-electron chi connectivity index (χ0n) is 17.0. The summed E-state index contributed by atoms with van der Waals surface area (Å²) in [7, 11) is 0. The van der Waals surface area contributed by atoms with Gasteiger partial charge in [-0.1, -0.05) is 43.2 Å². The minimum Gasteiger partial charge on any atom is -0.462 e. The third-order valence-corrected chi connectivity index (χ3v) is 4.63. The van der Waals surface area contributed by atoms with Gasteiger partial charge in [0, 0.05) is 11.4 Å². The first kappa shape index (κ1) is 21.0. The second-order valence-corrected chi connectivity index (χ2v) is 7.00. The van der Waals surface area contributed by atoms with Crippen LogP contribution in [0.3, 0.4) is 0 Å². The van der Waals surface area contributed by atoms with E-state index < -0.39 is 17.4 Å². The summed E-state index contributed by atoms with van der Waals surface area (Å²) in [6.45, 7) is 4.39. The second-order valence-electron chi connectivity index (χ2n) is 7.00. The van der Waals surface area contributed by atoms with Gasteiger partial charge in [-0.05, 0) is 55.3 Å². The number of hydrogen-bond acceptors (Lipinski definition) is 4. The average Bonchev–Trinajstić information content (AvgIpc) is 2.74. The van der Waals surface area contributed by atoms with Crippen LogP contribution in [0.25, 0.3) is 11.3 Å². The number of aromatic nitrogens is 1. The number of esters is 1. The molecule has 3 aromatic rings. The van der Waals surface area contributed by atoms with Crippen molar-refractivity contribution >= 4 is 17.6 Å². The van der Waals surface area contributed by atoms with Crippen molar-refractivity contribution in [1.29, 1.82) is 0 Å². The molecule has 154 valence electrons. The molecule has 0 saturated carbocycles. The van der Waals surface area contributed by atoms with Gasteiger partial charge in [0.1, 0.15) is 5.56 Å². The Balaban J connectivity index is 1.67. The van der Waals surface area contributed by atoms with Crippen molar-refractivity contribution in [2.75, 3.05) is 11.9 Å². The molecular weight excluding hydrogens is 380 g/mol. The van der Waals surface area contributed by atoms with Gasteiger partial charge < -0.3 is 15.0 Å². The zero-order chi connectivity index (χ0) is 21.5. The normalized spacial score (nSPS) is 10.5. The lowest BCUT2D eigenvalue weighted by molar-refractivity contribution is 0.0499. The molecule has 0 aliphatic heterocycles. The van der Waals surface area contributed by atoms with Gasteiger partial charge in [0.05, 0.1) is 12.2 Å². The summed E-state index contributed by atoms with van der Waals surface area (Å²) < 4.78 is 5.16. The van der Waals surface area contributed by atoms with Gasteiger partial charge in [-0.3, -0.25) is 9.59 Å². The fourth-order valence-corrected chi connectivity index (χ4v) is 2.83. The number of H-pyrrole nitrogens is 1. The van der Waals surface area contributed by atoms with Crippen LogP contribution in [0.1, 0.15) is 46.0 Å². The number of benzene rings is 2. The molecule has 0 unspecified atom stereocenters. The summed E-state index contributed by atoms with van der Waals surface area (Å²) in [4.78, 5) is 39.6. The minimum atomic E-state index is -0.523. The van der Waals surface area contributed by atoms with E-state index in [1.807, 2.05) is 38.1 Å². The molecular formula is C24H24N2O4. The number of rotatable bonds is 7. The highest BCUT2D eigenvalue weighted by molar-refractivity contribution is 6.04. The van der Waals surface area contributed by atoms with E-state index >= 15 is 0 Å². The number of unbranched alkanes of at least 4 members (excludes halogenated alkanes) is 1. The highest BCUT2D eigenvalue weighted by atomic mass is 16.5. The van der Waals surface area contributed by atoms with Crippen LogP contribution in [0.4, 0.5) is 5.69 Å². The monoisotopic (exact) mass is 404 g/mol. The number of carbonyl (C=O) groups is 2. The number of aromatic amines is 1. The number of aryl methyl sites for hydroxylation is 1. The molecule has 2 aromatic carbocycles. The molecule has 0 spiro atoms. The van der Waals surface area contributed by atoms with E-state index in [1.165, 1.54) is 6.07 Å². The van der Waals surface area contributed by atoms with Crippen LogP contribution in [0, 0.1) is 6.92 Å². The molecule has 1 heterocycles. The van der Waals surface area contributed by atoms with Crippen LogP contribution >= 0.6 is 0 Å². The molecule has 1 amide bonds. The van der Waals surface area contributed by atoms with Crippen molar-refractivity contribution in [1.82, 2.24) is 4.98 Å². The maximum Gasteiger partial charge on any atom is 0.338 e. The predicted molar refractivity (Wildman–Crippen MR) is 117 cm³/mol. The van der Waals surface area contributed by atoms with E-state index in [-0.39, 0.29) is 5.56 Å². The largest absolute Gasteiger partial charge is 0.462 e. The van der Waals surface area contributed by atoms with E-state index in [0.29, 0.717) is 23.6 Å². The number of amides is 1. The third-order valence-electron chi connectivity index (χ3n) is 4.63. The van der Waals surface area contributed by atoms with Gasteiger partial charge in [-0.15, -0.1) is 0 Å². The lowest BCUT2D eigenvalue weighted by Gasteiger charge is -2.08. The predicted octanol–water partition coefficient (Wildman–Crippen LogP) is 4.56. The molecule has 0 aliphatic carbocycles.